The van der Waals surface area contributed by atoms with Crippen molar-refractivity contribution in [2.75, 3.05) is 13.1 Å². The summed E-state index contributed by atoms with van der Waals surface area (Å²) < 4.78 is 13.3. The van der Waals surface area contributed by atoms with Crippen LogP contribution in [0.1, 0.15) is 30.9 Å². The van der Waals surface area contributed by atoms with Crippen LogP contribution in [0.4, 0.5) is 4.39 Å². The maximum Gasteiger partial charge on any atom is 0.140 e. The van der Waals surface area contributed by atoms with Crippen molar-refractivity contribution in [1.82, 2.24) is 4.90 Å². The Morgan fingerprint density at radius 1 is 1.55 bits per heavy atom. The minimum Gasteiger partial charge on any atom is -0.411 e. The van der Waals surface area contributed by atoms with E-state index in [9.17, 15) is 4.39 Å². The van der Waals surface area contributed by atoms with Crippen molar-refractivity contribution in [3.63, 3.8) is 0 Å². The quantitative estimate of drug-likeness (QED) is 0.681. The van der Waals surface area contributed by atoms with Gasteiger partial charge in [-0.1, -0.05) is 18.1 Å². The molecule has 1 unspecified atom stereocenters. The van der Waals surface area contributed by atoms with E-state index in [-0.39, 0.29) is 11.5 Å². The van der Waals surface area contributed by atoms with Crippen molar-refractivity contribution >= 4 is 5.71 Å². The number of nitriles is 1. The normalized spacial score (nSPS) is 21.9. The highest BCUT2D eigenvalue weighted by Crippen LogP contribution is 2.20. The first-order chi connectivity index (χ1) is 9.67. The molecule has 1 aromatic carbocycles. The maximum absolute atomic E-state index is 13.3. The number of hydrogen-bond acceptors (Lipinski definition) is 4. The summed E-state index contributed by atoms with van der Waals surface area (Å²) in [7, 11) is 0. The Kier molecular flexibility index (Phi) is 4.70. The van der Waals surface area contributed by atoms with E-state index in [0.29, 0.717) is 6.54 Å². The highest BCUT2D eigenvalue weighted by molar-refractivity contribution is 5.87. The molecule has 4 nitrogen and oxygen atoms in total. The molecule has 0 saturated carbocycles. The van der Waals surface area contributed by atoms with Gasteiger partial charge in [-0.3, -0.25) is 4.90 Å². The van der Waals surface area contributed by atoms with E-state index in [2.05, 4.69) is 17.0 Å². The van der Waals surface area contributed by atoms with Crippen LogP contribution >= 0.6 is 0 Å². The third-order valence-corrected chi connectivity index (χ3v) is 3.81. The smallest absolute Gasteiger partial charge is 0.140 e. The molecule has 1 heterocycles. The van der Waals surface area contributed by atoms with Gasteiger partial charge in [-0.15, -0.1) is 0 Å². The number of hydrogen-bond donors (Lipinski definition) is 1. The highest BCUT2D eigenvalue weighted by Gasteiger charge is 2.24. The topological polar surface area (TPSA) is 59.6 Å². The summed E-state index contributed by atoms with van der Waals surface area (Å²) in [6.45, 7) is 4.40. The number of benzene rings is 1. The number of nitrogens with zero attached hydrogens (tertiary/aromatic N) is 3. The van der Waals surface area contributed by atoms with Crippen molar-refractivity contribution in [3.8, 4) is 6.07 Å². The van der Waals surface area contributed by atoms with Gasteiger partial charge >= 0.3 is 0 Å². The molecule has 0 aromatic heterocycles. The molecule has 0 spiro atoms. The second-order valence-electron chi connectivity index (χ2n) is 5.11. The molecular weight excluding hydrogens is 257 g/mol. The summed E-state index contributed by atoms with van der Waals surface area (Å²) in [5, 5.41) is 21.2. The molecule has 0 aliphatic carbocycles. The second kappa shape index (κ2) is 6.49. The van der Waals surface area contributed by atoms with E-state index in [1.165, 1.54) is 6.07 Å². The predicted molar refractivity (Wildman–Crippen MR) is 74.0 cm³/mol. The summed E-state index contributed by atoms with van der Waals surface area (Å²) in [5.41, 5.74) is 1.88. The van der Waals surface area contributed by atoms with Crippen molar-refractivity contribution in [1.29, 1.82) is 5.26 Å². The number of rotatable bonds is 3. The fraction of sp³-hybridized carbons (Fsp3) is 0.467. The van der Waals surface area contributed by atoms with Gasteiger partial charge in [-0.25, -0.2) is 4.39 Å². The third kappa shape index (κ3) is 3.14. The number of halogens is 1. The van der Waals surface area contributed by atoms with Gasteiger partial charge in [0.15, 0.2) is 0 Å². The zero-order valence-electron chi connectivity index (χ0n) is 11.5. The first-order valence-electron chi connectivity index (χ1n) is 6.79. The van der Waals surface area contributed by atoms with Gasteiger partial charge in [0.25, 0.3) is 0 Å². The lowest BCUT2D eigenvalue weighted by Gasteiger charge is -2.32. The predicted octanol–water partition coefficient (Wildman–Crippen LogP) is 2.76. The van der Waals surface area contributed by atoms with E-state index in [1.54, 1.807) is 12.1 Å². The largest absolute Gasteiger partial charge is 0.411 e. The second-order valence-corrected chi connectivity index (χ2v) is 5.11. The summed E-state index contributed by atoms with van der Waals surface area (Å²) in [6, 6.07) is 6.52. The summed E-state index contributed by atoms with van der Waals surface area (Å²) in [6.07, 6.45) is 1.68. The SMILES string of the molecule is CCC1CN(Cc2ccc(F)c(C#N)c2)CC/C1=N\O. The molecule has 106 valence electrons. The number of oxime groups is 1. The molecule has 1 atom stereocenters. The van der Waals surface area contributed by atoms with Gasteiger partial charge in [0, 0.05) is 32.0 Å². The van der Waals surface area contributed by atoms with E-state index >= 15 is 0 Å². The Labute approximate surface area is 118 Å². The Hall–Kier alpha value is -1.93. The zero-order chi connectivity index (χ0) is 14.5. The van der Waals surface area contributed by atoms with Crippen molar-refractivity contribution in [2.24, 2.45) is 11.1 Å². The van der Waals surface area contributed by atoms with Crippen LogP contribution in [0.25, 0.3) is 0 Å². The molecule has 0 amide bonds. The van der Waals surface area contributed by atoms with E-state index in [0.717, 1.165) is 37.2 Å². The van der Waals surface area contributed by atoms with Gasteiger partial charge in [-0.2, -0.15) is 5.26 Å². The van der Waals surface area contributed by atoms with Crippen molar-refractivity contribution in [3.05, 3.63) is 35.1 Å². The lowest BCUT2D eigenvalue weighted by Crippen LogP contribution is -2.40. The lowest BCUT2D eigenvalue weighted by molar-refractivity contribution is 0.220. The molecule has 2 rings (SSSR count). The fourth-order valence-corrected chi connectivity index (χ4v) is 2.64. The average molecular weight is 275 g/mol. The van der Waals surface area contributed by atoms with Gasteiger partial charge < -0.3 is 5.21 Å². The number of piperidine rings is 1. The molecule has 1 aliphatic heterocycles. The fourth-order valence-electron chi connectivity index (χ4n) is 2.64. The summed E-state index contributed by atoms with van der Waals surface area (Å²) in [5.74, 6) is -0.208. The number of likely N-dealkylation sites (tertiary alicyclic amines) is 1. The zero-order valence-corrected chi connectivity index (χ0v) is 11.5. The van der Waals surface area contributed by atoms with Crippen LogP contribution in [-0.2, 0) is 6.54 Å². The first kappa shape index (κ1) is 14.5. The van der Waals surface area contributed by atoms with Crippen molar-refractivity contribution < 1.29 is 9.60 Å². The molecule has 1 saturated heterocycles. The van der Waals surface area contributed by atoms with E-state index in [1.807, 2.05) is 6.07 Å². The molecule has 5 heteroatoms. The standard InChI is InChI=1S/C15H18FN3O/c1-2-12-10-19(6-5-15(12)18-20)9-11-3-4-14(16)13(7-11)8-17/h3-4,7,12,20H,2,5-6,9-10H2,1H3/b18-15+. The average Bonchev–Trinajstić information content (AvgIpc) is 2.49. The van der Waals surface area contributed by atoms with Crippen molar-refractivity contribution in [2.45, 2.75) is 26.3 Å². The third-order valence-electron chi connectivity index (χ3n) is 3.81. The minimum absolute atomic E-state index is 0.0872. The molecule has 20 heavy (non-hydrogen) atoms. The first-order valence-corrected chi connectivity index (χ1v) is 6.79. The molecule has 1 fully saturated rings. The molecular formula is C15H18FN3O. The Balaban J connectivity index is 2.06. The lowest BCUT2D eigenvalue weighted by atomic mass is 9.93. The van der Waals surface area contributed by atoms with Crippen LogP contribution in [0.15, 0.2) is 23.4 Å². The summed E-state index contributed by atoms with van der Waals surface area (Å²) in [4.78, 5) is 2.25. The highest BCUT2D eigenvalue weighted by atomic mass is 19.1. The van der Waals surface area contributed by atoms with Crippen LogP contribution in [0.3, 0.4) is 0 Å². The molecule has 0 radical (unpaired) electrons. The summed E-state index contributed by atoms with van der Waals surface area (Å²) >= 11 is 0. The molecule has 1 N–H and O–H groups in total. The van der Waals surface area contributed by atoms with Gasteiger partial charge in [-0.05, 0) is 24.1 Å². The van der Waals surface area contributed by atoms with Crippen LogP contribution in [0.5, 0.6) is 0 Å². The molecule has 1 aliphatic rings. The van der Waals surface area contributed by atoms with Gasteiger partial charge in [0.2, 0.25) is 0 Å². The van der Waals surface area contributed by atoms with Crippen LogP contribution in [-0.4, -0.2) is 28.9 Å². The Bertz CT molecular complexity index is 551. The molecule has 0 bridgehead atoms. The molecule has 1 aromatic rings. The monoisotopic (exact) mass is 275 g/mol. The Morgan fingerprint density at radius 3 is 3.00 bits per heavy atom. The van der Waals surface area contributed by atoms with E-state index < -0.39 is 5.82 Å². The van der Waals surface area contributed by atoms with Crippen LogP contribution in [0, 0.1) is 23.1 Å². The van der Waals surface area contributed by atoms with Crippen LogP contribution in [0.2, 0.25) is 0 Å². The van der Waals surface area contributed by atoms with Gasteiger partial charge in [0.05, 0.1) is 11.3 Å². The van der Waals surface area contributed by atoms with Gasteiger partial charge in [0.1, 0.15) is 11.9 Å². The Morgan fingerprint density at radius 2 is 2.35 bits per heavy atom. The minimum atomic E-state index is -0.476. The van der Waals surface area contributed by atoms with Crippen LogP contribution < -0.4 is 0 Å². The van der Waals surface area contributed by atoms with E-state index in [4.69, 9.17) is 10.5 Å². The maximum atomic E-state index is 13.3.